The number of benzene rings is 4. The number of carbonyl (C=O) groups is 4. The van der Waals surface area contributed by atoms with Crippen molar-refractivity contribution >= 4 is 85.2 Å². The first-order valence-corrected chi connectivity index (χ1v) is 34.7. The van der Waals surface area contributed by atoms with E-state index in [1.165, 1.54) is 85.3 Å². The summed E-state index contributed by atoms with van der Waals surface area (Å²) in [4.78, 5) is 61.2. The minimum absolute atomic E-state index is 0. The Morgan fingerprint density at radius 3 is 1.25 bits per heavy atom. The van der Waals surface area contributed by atoms with E-state index in [0.717, 1.165) is 110 Å². The Labute approximate surface area is 562 Å². The largest absolute Gasteiger partial charge is 0.400 e. The van der Waals surface area contributed by atoms with Crippen LogP contribution < -0.4 is 31.9 Å². The van der Waals surface area contributed by atoms with Crippen LogP contribution >= 0.6 is 0 Å². The number of amides is 6. The molecule has 19 nitrogen and oxygen atoms in total. The van der Waals surface area contributed by atoms with Crippen LogP contribution in [0.5, 0.6) is 0 Å². The van der Waals surface area contributed by atoms with Gasteiger partial charge < -0.3 is 34.6 Å². The van der Waals surface area contributed by atoms with Crippen LogP contribution in [0.25, 0.3) is 18.2 Å². The molecule has 2 spiro atoms. The Morgan fingerprint density at radius 2 is 0.880 bits per heavy atom. The number of hydrogen-bond donors (Lipinski definition) is 5. The number of aliphatic imine (C=N–C) groups is 2. The maximum absolute atomic E-state index is 13.2. The van der Waals surface area contributed by atoms with Gasteiger partial charge in [0, 0.05) is 103 Å². The van der Waals surface area contributed by atoms with Crippen LogP contribution in [0.4, 0.5) is 21.0 Å². The molecule has 0 aliphatic carbocycles. The number of aryl methyl sites for hydroxylation is 5. The van der Waals surface area contributed by atoms with Crippen LogP contribution in [-0.4, -0.2) is 125 Å². The number of amidine groups is 2. The molecule has 0 saturated carbocycles. The zero-order valence-corrected chi connectivity index (χ0v) is 58.4. The Balaban J connectivity index is 0.000000374. The first kappa shape index (κ1) is 77.8. The summed E-state index contributed by atoms with van der Waals surface area (Å²) < 4.78 is 55.6. The van der Waals surface area contributed by atoms with E-state index in [1.807, 2.05) is 45.9 Å². The summed E-state index contributed by atoms with van der Waals surface area (Å²) in [5, 5.41) is 15.4. The number of carbonyl (C=O) groups excluding carboxylic acids is 4. The zero-order valence-electron chi connectivity index (χ0n) is 55.2. The van der Waals surface area contributed by atoms with E-state index in [0.29, 0.717) is 37.1 Å². The number of sulfonamides is 2. The molecular formula is C70H99N10O9PdS2-. The van der Waals surface area contributed by atoms with E-state index >= 15 is 0 Å². The summed E-state index contributed by atoms with van der Waals surface area (Å²) in [5.74, 6) is 1.25. The molecule has 4 aromatic carbocycles. The third-order valence-corrected chi connectivity index (χ3v) is 20.5. The number of aliphatic hydroxyl groups excluding tert-OH is 1. The maximum Gasteiger partial charge on any atom is 0.318 e. The van der Waals surface area contributed by atoms with Crippen LogP contribution in [0.15, 0.2) is 112 Å². The number of nitrogens with two attached hydrogens (primary N) is 2. The van der Waals surface area contributed by atoms with E-state index < -0.39 is 43.2 Å². The molecule has 0 atom stereocenters. The first-order chi connectivity index (χ1) is 43.0. The van der Waals surface area contributed by atoms with Crippen LogP contribution in [0.1, 0.15) is 167 Å². The number of primary amides is 2. The van der Waals surface area contributed by atoms with Crippen LogP contribution in [-0.2, 0) is 56.5 Å². The Hall–Kier alpha value is -6.64. The summed E-state index contributed by atoms with van der Waals surface area (Å²) in [6.07, 6.45) is 26.6. The van der Waals surface area contributed by atoms with Gasteiger partial charge in [0.1, 0.15) is 22.7 Å². The number of unbranched alkanes of at least 4 members (excludes halogenated alkanes) is 11. The predicted octanol–water partition coefficient (Wildman–Crippen LogP) is 11.8. The average Bonchev–Trinajstić information content (AvgIpc) is 1.57. The number of urea groups is 2. The van der Waals surface area contributed by atoms with E-state index in [4.69, 9.17) is 26.6 Å². The van der Waals surface area contributed by atoms with Gasteiger partial charge in [0.15, 0.2) is 0 Å². The second-order valence-corrected chi connectivity index (χ2v) is 27.6. The molecule has 4 heterocycles. The van der Waals surface area contributed by atoms with E-state index in [1.54, 1.807) is 50.5 Å². The van der Waals surface area contributed by atoms with Crippen LogP contribution in [0.2, 0.25) is 0 Å². The van der Waals surface area contributed by atoms with Gasteiger partial charge in [-0.05, 0) is 173 Å². The summed E-state index contributed by atoms with van der Waals surface area (Å²) in [6, 6.07) is 27.0. The molecule has 4 aromatic rings. The van der Waals surface area contributed by atoms with E-state index in [-0.39, 0.29) is 65.8 Å². The number of nitrogens with one attached hydrogen (secondary N) is 2. The molecule has 4 aliphatic heterocycles. The van der Waals surface area contributed by atoms with E-state index in [2.05, 4.69) is 65.3 Å². The molecule has 0 aromatic heterocycles. The predicted molar refractivity (Wildman–Crippen MR) is 371 cm³/mol. The molecule has 22 heteroatoms. The maximum atomic E-state index is 13.2. The molecular weight excluding hydrogens is 1300 g/mol. The van der Waals surface area contributed by atoms with Gasteiger partial charge in [-0.25, -0.2) is 26.4 Å². The van der Waals surface area contributed by atoms with Crippen molar-refractivity contribution in [2.75, 3.05) is 57.2 Å². The Kier molecular flexibility index (Phi) is 31.5. The fourth-order valence-electron chi connectivity index (χ4n) is 11.9. The number of rotatable bonds is 27. The molecule has 92 heavy (non-hydrogen) atoms. The standard InChI is InChI=1S/C34H47N5O4S.C34H45N5O4S.CH4O.CH3.Pd/c2*1-26-24-29(38(3)33(35)41)25-27(2)30(26)18-23-44(42,43)39-21-19-34(20-22-39)32(40)36-31(37-34)17-13-8-6-4-5-7-10-14-28-15-11-9-12-16-28;1-2;;/h9,11-12,15-16,18,23-25H,4-8,10,13-14,17,19-22H2,1-3H3,(H2,35,41)(H,36,37,40);9-12,14-16,18,23-25H,4-8,13,17,19-22H2,1-3H3,(H2,35,41)(H,36,37,40);2H,1H3;1H3;/q;;;-1;/b23-18+;14-10+,23-18+;;;. The van der Waals surface area contributed by atoms with Crippen LogP contribution in [0.3, 0.4) is 0 Å². The topological polar surface area (TPSA) is 271 Å². The van der Waals surface area contributed by atoms with Gasteiger partial charge in [0.25, 0.3) is 11.8 Å². The summed E-state index contributed by atoms with van der Waals surface area (Å²) >= 11 is 0. The quantitative estimate of drug-likeness (QED) is 0.0215. The SMILES string of the molecule is CO.Cc1cc(N(C)C(N)=O)cc(C)c1/C=C/S(=O)(=O)N1CCC2(CC1)N=C(CCCCCCC/C=C/c1ccccc1)NC2=O.Cc1cc(N(C)C(N)=O)cc(C)c1/C=C/S(=O)(=O)N1CCC2(CC1)N=C(CCCCCCCCCc1ccccc1)NC2=O.[CH3-].[Pd]. The molecule has 506 valence electrons. The van der Waals surface area contributed by atoms with Gasteiger partial charge in [-0.15, -0.1) is 0 Å². The number of anilines is 2. The normalized spacial score (nSPS) is 16.2. The zero-order chi connectivity index (χ0) is 65.5. The summed E-state index contributed by atoms with van der Waals surface area (Å²) in [7, 11) is -3.20. The average molecular weight is 1400 g/mol. The van der Waals surface area contributed by atoms with Gasteiger partial charge >= 0.3 is 12.1 Å². The number of aliphatic hydroxyl groups is 1. The van der Waals surface area contributed by atoms with Crippen molar-refractivity contribution in [1.29, 1.82) is 0 Å². The van der Waals surface area contributed by atoms with Crippen molar-refractivity contribution in [3.05, 3.63) is 154 Å². The third-order valence-electron chi connectivity index (χ3n) is 17.4. The van der Waals surface area contributed by atoms with Crippen molar-refractivity contribution in [2.24, 2.45) is 21.5 Å². The molecule has 4 aliphatic rings. The second-order valence-electron chi connectivity index (χ2n) is 23.9. The minimum atomic E-state index is -3.69. The molecule has 2 fully saturated rings. The fraction of sp³-hybridized carbons (Fsp3) is 0.471. The fourth-order valence-corrected chi connectivity index (χ4v) is 14.2. The summed E-state index contributed by atoms with van der Waals surface area (Å²) in [5.41, 5.74) is 17.8. The first-order valence-electron chi connectivity index (χ1n) is 31.7. The second kappa shape index (κ2) is 37.3. The smallest absolute Gasteiger partial charge is 0.318 e. The number of piperidine rings is 2. The van der Waals surface area contributed by atoms with Crippen molar-refractivity contribution in [1.82, 2.24) is 19.2 Å². The van der Waals surface area contributed by atoms with Crippen molar-refractivity contribution < 1.29 is 61.5 Å². The van der Waals surface area contributed by atoms with Crippen LogP contribution in [0, 0.1) is 35.1 Å². The Morgan fingerprint density at radius 1 is 0.543 bits per heavy atom. The molecule has 2 saturated heterocycles. The van der Waals surface area contributed by atoms with Crippen molar-refractivity contribution in [3.63, 3.8) is 0 Å². The van der Waals surface area contributed by atoms with Crippen molar-refractivity contribution in [3.8, 4) is 0 Å². The molecule has 7 N–H and O–H groups in total. The molecule has 0 radical (unpaired) electrons. The third kappa shape index (κ3) is 22.3. The molecule has 6 amide bonds. The monoisotopic (exact) mass is 1390 g/mol. The van der Waals surface area contributed by atoms with Gasteiger partial charge in [-0.1, -0.05) is 124 Å². The number of allylic oxidation sites excluding steroid dienone is 1. The number of hydrogen-bond acceptors (Lipinski definition) is 11. The van der Waals surface area contributed by atoms with Gasteiger partial charge in [-0.2, -0.15) is 8.61 Å². The number of nitrogens with zero attached hydrogens (tertiary/aromatic N) is 6. The molecule has 0 bridgehead atoms. The molecule has 8 rings (SSSR count). The minimum Gasteiger partial charge on any atom is -0.400 e. The van der Waals surface area contributed by atoms with Gasteiger partial charge in [0.2, 0.25) is 20.0 Å². The van der Waals surface area contributed by atoms with Gasteiger partial charge in [0.05, 0.1) is 0 Å². The Bertz CT molecular complexity index is 3420. The summed E-state index contributed by atoms with van der Waals surface area (Å²) in [6.45, 7) is 8.40. The van der Waals surface area contributed by atoms with Crippen molar-refractivity contribution in [2.45, 2.75) is 167 Å². The van der Waals surface area contributed by atoms with Gasteiger partial charge in [-0.3, -0.25) is 29.4 Å². The molecule has 0 unspecified atom stereocenters. The van der Waals surface area contributed by atoms with E-state index in [9.17, 15) is 36.0 Å².